The molecule has 0 spiro atoms. The molecule has 3 aromatic carbocycles. The number of anilines is 1. The number of carbonyl (C=O) groups excluding carboxylic acids is 1. The molecule has 0 bridgehead atoms. The van der Waals surface area contributed by atoms with Crippen LogP contribution in [0.5, 0.6) is 17.2 Å². The van der Waals surface area contributed by atoms with E-state index in [-0.39, 0.29) is 29.9 Å². The van der Waals surface area contributed by atoms with Crippen molar-refractivity contribution < 1.29 is 19.0 Å². The minimum atomic E-state index is -0.377. The molecule has 0 saturated heterocycles. The molecule has 0 aliphatic carbocycles. The number of hydrogen-bond acceptors (Lipinski definition) is 7. The Hall–Kier alpha value is -3.98. The van der Waals surface area contributed by atoms with Crippen molar-refractivity contribution in [3.8, 4) is 17.2 Å². The number of fused-ring (bicyclic) bond motifs is 2. The molecule has 0 fully saturated rings. The predicted octanol–water partition coefficient (Wildman–Crippen LogP) is 4.37. The molecule has 1 aromatic heterocycles. The van der Waals surface area contributed by atoms with E-state index in [9.17, 15) is 9.59 Å². The molecule has 1 amide bonds. The summed E-state index contributed by atoms with van der Waals surface area (Å²) in [5.74, 6) is 1.94. The Balaban J connectivity index is 1.34. The van der Waals surface area contributed by atoms with Crippen LogP contribution in [0.2, 0.25) is 0 Å². The lowest BCUT2D eigenvalue weighted by molar-refractivity contribution is -0.113. The number of thioether (sulfide) groups is 1. The van der Waals surface area contributed by atoms with Gasteiger partial charge in [-0.2, -0.15) is 0 Å². The zero-order valence-corrected chi connectivity index (χ0v) is 20.5. The summed E-state index contributed by atoms with van der Waals surface area (Å²) in [5, 5.41) is 3.83. The van der Waals surface area contributed by atoms with Crippen LogP contribution < -0.4 is 25.1 Å². The highest BCUT2D eigenvalue weighted by Crippen LogP contribution is 2.31. The fraction of sp³-hybridized carbons (Fsp3) is 0.222. The van der Waals surface area contributed by atoms with Gasteiger partial charge in [0.15, 0.2) is 22.8 Å². The molecule has 1 aliphatic heterocycles. The molecule has 184 valence electrons. The molecule has 4 aromatic rings. The lowest BCUT2D eigenvalue weighted by Crippen LogP contribution is -2.37. The van der Waals surface area contributed by atoms with E-state index in [1.165, 1.54) is 11.8 Å². The Labute approximate surface area is 212 Å². The third-order valence-corrected chi connectivity index (χ3v) is 6.54. The minimum absolute atomic E-state index is 0.0862. The van der Waals surface area contributed by atoms with Crippen molar-refractivity contribution in [1.29, 1.82) is 0 Å². The second-order valence-corrected chi connectivity index (χ2v) is 9.06. The topological polar surface area (TPSA) is 91.7 Å². The van der Waals surface area contributed by atoms with Gasteiger partial charge in [0.25, 0.3) is 5.56 Å². The first-order chi connectivity index (χ1) is 17.6. The van der Waals surface area contributed by atoms with Crippen LogP contribution in [-0.4, -0.2) is 40.5 Å². The number of rotatable bonds is 8. The summed E-state index contributed by atoms with van der Waals surface area (Å²) in [5.41, 5.74) is 1.07. The van der Waals surface area contributed by atoms with Crippen LogP contribution in [0.15, 0.2) is 82.7 Å². The van der Waals surface area contributed by atoms with Gasteiger partial charge in [0.1, 0.15) is 12.4 Å². The smallest absolute Gasteiger partial charge is 0.262 e. The molecule has 36 heavy (non-hydrogen) atoms. The summed E-state index contributed by atoms with van der Waals surface area (Å²) >= 11 is 1.21. The van der Waals surface area contributed by atoms with E-state index in [4.69, 9.17) is 14.2 Å². The maximum absolute atomic E-state index is 13.4. The first-order valence-electron chi connectivity index (χ1n) is 11.6. The Bertz CT molecular complexity index is 1440. The van der Waals surface area contributed by atoms with E-state index < -0.39 is 0 Å². The molecule has 5 rings (SSSR count). The third-order valence-electron chi connectivity index (χ3n) is 5.56. The van der Waals surface area contributed by atoms with E-state index >= 15 is 0 Å². The van der Waals surface area contributed by atoms with Crippen molar-refractivity contribution in [2.75, 3.05) is 24.3 Å². The van der Waals surface area contributed by atoms with Crippen LogP contribution >= 0.6 is 11.8 Å². The summed E-state index contributed by atoms with van der Waals surface area (Å²) in [6, 6.07) is 21.8. The molecule has 0 unspecified atom stereocenters. The predicted molar refractivity (Wildman–Crippen MR) is 139 cm³/mol. The molecule has 9 heteroatoms. The van der Waals surface area contributed by atoms with Gasteiger partial charge in [0.2, 0.25) is 5.91 Å². The van der Waals surface area contributed by atoms with Gasteiger partial charge in [-0.25, -0.2) is 4.98 Å². The van der Waals surface area contributed by atoms with E-state index in [1.807, 2.05) is 43.3 Å². The number of benzene rings is 3. The van der Waals surface area contributed by atoms with Crippen molar-refractivity contribution in [2.45, 2.75) is 24.7 Å². The number of carbonyl (C=O) groups is 1. The Morgan fingerprint density at radius 3 is 2.64 bits per heavy atom. The van der Waals surface area contributed by atoms with Gasteiger partial charge in [-0.3, -0.25) is 14.2 Å². The first kappa shape index (κ1) is 23.7. The number of para-hydroxylation sites is 3. The SMILES string of the molecule is CCOc1ccc(NC(=O)CSc2nc3ccccc3c(=O)n2C[C@H]2COc3ccccc3O2)cc1. The lowest BCUT2D eigenvalue weighted by Gasteiger charge is -2.27. The summed E-state index contributed by atoms with van der Waals surface area (Å²) in [4.78, 5) is 30.7. The molecular weight excluding hydrogens is 478 g/mol. The van der Waals surface area contributed by atoms with E-state index in [1.54, 1.807) is 41.0 Å². The molecule has 0 saturated carbocycles. The first-order valence-corrected chi connectivity index (χ1v) is 12.6. The normalized spacial score (nSPS) is 14.4. The van der Waals surface area contributed by atoms with Crippen molar-refractivity contribution in [2.24, 2.45) is 0 Å². The van der Waals surface area contributed by atoms with Crippen LogP contribution in [0.4, 0.5) is 5.69 Å². The van der Waals surface area contributed by atoms with Gasteiger partial charge in [-0.15, -0.1) is 0 Å². The Morgan fingerprint density at radius 1 is 1.08 bits per heavy atom. The van der Waals surface area contributed by atoms with Gasteiger partial charge in [-0.1, -0.05) is 36.0 Å². The van der Waals surface area contributed by atoms with E-state index in [2.05, 4.69) is 10.3 Å². The molecule has 0 radical (unpaired) electrons. The minimum Gasteiger partial charge on any atom is -0.494 e. The van der Waals surface area contributed by atoms with Crippen LogP contribution in [0.25, 0.3) is 10.9 Å². The number of nitrogens with zero attached hydrogens (tertiary/aromatic N) is 2. The molecule has 1 atom stereocenters. The summed E-state index contributed by atoms with van der Waals surface area (Å²) in [6.45, 7) is 3.04. The van der Waals surface area contributed by atoms with Gasteiger partial charge >= 0.3 is 0 Å². The van der Waals surface area contributed by atoms with Crippen molar-refractivity contribution >= 4 is 34.3 Å². The van der Waals surface area contributed by atoms with Gasteiger partial charge in [0.05, 0.1) is 29.8 Å². The van der Waals surface area contributed by atoms with Crippen LogP contribution in [0.1, 0.15) is 6.92 Å². The fourth-order valence-electron chi connectivity index (χ4n) is 3.90. The van der Waals surface area contributed by atoms with Crippen LogP contribution in [0, 0.1) is 0 Å². The highest BCUT2D eigenvalue weighted by molar-refractivity contribution is 7.99. The quantitative estimate of drug-likeness (QED) is 0.282. The average Bonchev–Trinajstić information content (AvgIpc) is 2.90. The zero-order valence-electron chi connectivity index (χ0n) is 19.7. The zero-order chi connectivity index (χ0) is 24.9. The summed E-state index contributed by atoms with van der Waals surface area (Å²) < 4.78 is 18.9. The maximum atomic E-state index is 13.4. The molecule has 1 aliphatic rings. The number of amides is 1. The largest absolute Gasteiger partial charge is 0.494 e. The fourth-order valence-corrected chi connectivity index (χ4v) is 4.71. The lowest BCUT2D eigenvalue weighted by atomic mass is 10.2. The highest BCUT2D eigenvalue weighted by Gasteiger charge is 2.24. The highest BCUT2D eigenvalue weighted by atomic mass is 32.2. The van der Waals surface area contributed by atoms with Crippen molar-refractivity contribution in [3.63, 3.8) is 0 Å². The standard InChI is InChI=1S/C27H25N3O5S/c1-2-33-19-13-11-18(12-14-19)28-25(31)17-36-27-29-22-8-4-3-7-21(22)26(32)30(27)15-20-16-34-23-9-5-6-10-24(23)35-20/h3-14,20H,2,15-17H2,1H3,(H,28,31)/t20-/m0/s1. The van der Waals surface area contributed by atoms with E-state index in [0.717, 1.165) is 5.75 Å². The molecular formula is C27H25N3O5S. The molecule has 8 nitrogen and oxygen atoms in total. The summed E-state index contributed by atoms with van der Waals surface area (Å²) in [6.07, 6.45) is -0.377. The third kappa shape index (κ3) is 5.31. The maximum Gasteiger partial charge on any atom is 0.262 e. The second-order valence-electron chi connectivity index (χ2n) is 8.12. The molecule has 1 N–H and O–H groups in total. The van der Waals surface area contributed by atoms with Gasteiger partial charge in [-0.05, 0) is 55.5 Å². The summed E-state index contributed by atoms with van der Waals surface area (Å²) in [7, 11) is 0. The monoisotopic (exact) mass is 503 g/mol. The van der Waals surface area contributed by atoms with Gasteiger partial charge < -0.3 is 19.5 Å². The van der Waals surface area contributed by atoms with Crippen LogP contribution in [0.3, 0.4) is 0 Å². The Kier molecular flexibility index (Phi) is 7.08. The average molecular weight is 504 g/mol. The van der Waals surface area contributed by atoms with Crippen molar-refractivity contribution in [3.05, 3.63) is 83.2 Å². The van der Waals surface area contributed by atoms with Crippen LogP contribution in [-0.2, 0) is 11.3 Å². The Morgan fingerprint density at radius 2 is 1.83 bits per heavy atom. The number of hydrogen-bond donors (Lipinski definition) is 1. The van der Waals surface area contributed by atoms with Gasteiger partial charge in [0, 0.05) is 5.69 Å². The second kappa shape index (κ2) is 10.7. The number of nitrogens with one attached hydrogen (secondary N) is 1. The number of ether oxygens (including phenoxy) is 3. The number of aromatic nitrogens is 2. The molecule has 2 heterocycles. The van der Waals surface area contributed by atoms with E-state index in [0.29, 0.717) is 46.5 Å². The van der Waals surface area contributed by atoms with Crippen molar-refractivity contribution in [1.82, 2.24) is 9.55 Å².